The number of aromatic nitrogens is 8. The van der Waals surface area contributed by atoms with Crippen molar-refractivity contribution in [1.29, 1.82) is 0 Å². The standard InChI is InChI=1S/C36H28N8/c1-21-13-5-3-6-14-22(2)30-37-29(21)38-31-25-17-9-11-19-27(25)35(40-31)43-33-23-15-7-4-8-16-24(23)34(42-33)44-36-28-20-12-10-18-26(28)32(39-30)41-36/h5-20,37H,3-4H2,1-2H3,(H,38,39,40,41,42,43,44)/b13-5-,14-6-,29-21-,30-22-. The van der Waals surface area contributed by atoms with Crippen LogP contribution in [0.1, 0.15) is 37.8 Å². The fraction of sp³-hybridized carbons (Fsp3) is 0.111. The van der Waals surface area contributed by atoms with Crippen LogP contribution in [-0.4, -0.2) is 39.9 Å². The summed E-state index contributed by atoms with van der Waals surface area (Å²) in [5.41, 5.74) is 10.2. The van der Waals surface area contributed by atoms with E-state index in [-0.39, 0.29) is 0 Å². The van der Waals surface area contributed by atoms with Crippen molar-refractivity contribution in [2.24, 2.45) is 0 Å². The van der Waals surface area contributed by atoms with Crippen molar-refractivity contribution in [2.45, 2.75) is 26.7 Å². The van der Waals surface area contributed by atoms with Gasteiger partial charge in [0.15, 0.2) is 23.3 Å². The number of fused-ring (bicyclic) bond motifs is 17. The zero-order valence-corrected chi connectivity index (χ0v) is 24.3. The van der Waals surface area contributed by atoms with Crippen LogP contribution in [0.25, 0.3) is 80.1 Å². The van der Waals surface area contributed by atoms with Gasteiger partial charge in [-0.2, -0.15) is 0 Å². The van der Waals surface area contributed by atoms with Crippen molar-refractivity contribution in [1.82, 2.24) is 39.9 Å². The maximum Gasteiger partial charge on any atom is 0.164 e. The maximum atomic E-state index is 5.11. The van der Waals surface area contributed by atoms with Crippen molar-refractivity contribution in [3.8, 4) is 45.6 Å². The van der Waals surface area contributed by atoms with E-state index in [2.05, 4.69) is 58.6 Å². The Bertz CT molecular complexity index is 2150. The number of H-pyrrole nitrogens is 2. The predicted octanol–water partition coefficient (Wildman–Crippen LogP) is 6.26. The minimum Gasteiger partial charge on any atom is -0.324 e. The summed E-state index contributed by atoms with van der Waals surface area (Å²) in [5.74, 6) is 2.36. The molecule has 2 aromatic heterocycles. The summed E-state index contributed by atoms with van der Waals surface area (Å²) in [6, 6.07) is 16.2. The van der Waals surface area contributed by atoms with Crippen LogP contribution in [0, 0.1) is 0 Å². The highest BCUT2D eigenvalue weighted by molar-refractivity contribution is 5.89. The first-order chi connectivity index (χ1) is 21.6. The highest BCUT2D eigenvalue weighted by Crippen LogP contribution is 2.35. The quantitative estimate of drug-likeness (QED) is 0.222. The van der Waals surface area contributed by atoms with E-state index in [1.54, 1.807) is 0 Å². The van der Waals surface area contributed by atoms with Crippen LogP contribution in [0.2, 0.25) is 0 Å². The Labute approximate surface area is 253 Å². The summed E-state index contributed by atoms with van der Waals surface area (Å²) in [6.07, 6.45) is 18.5. The van der Waals surface area contributed by atoms with Crippen molar-refractivity contribution in [3.05, 3.63) is 107 Å². The minimum absolute atomic E-state index is 0.587. The molecular weight excluding hydrogens is 544 g/mol. The lowest BCUT2D eigenvalue weighted by atomic mass is 10.1. The van der Waals surface area contributed by atoms with Gasteiger partial charge in [0, 0.05) is 33.4 Å². The summed E-state index contributed by atoms with van der Waals surface area (Å²) in [7, 11) is 0. The fourth-order valence-corrected chi connectivity index (χ4v) is 5.69. The Balaban J connectivity index is 1.61. The van der Waals surface area contributed by atoms with Crippen LogP contribution in [0.4, 0.5) is 0 Å². The topological polar surface area (TPSA) is 109 Å². The Morgan fingerprint density at radius 3 is 1.27 bits per heavy atom. The second kappa shape index (κ2) is 10.5. The van der Waals surface area contributed by atoms with Crippen molar-refractivity contribution < 1.29 is 0 Å². The molecule has 4 aliphatic rings. The number of nitrogens with zero attached hydrogens (tertiary/aromatic N) is 6. The SMILES string of the molecule is CC1=c2/nc3nc(nc4[nH]c(nc5nc(n/c([nH]2)=C(C)\C=C/C/C=C\1)-c1ccccc1-5)c1c4C=CCC=C1)-c1ccccc1-3. The number of allylic oxidation sites excluding steroid dienone is 6. The number of nitrogens with one attached hydrogen (secondary N) is 2. The summed E-state index contributed by atoms with van der Waals surface area (Å²) in [6.45, 7) is 4.08. The van der Waals surface area contributed by atoms with Gasteiger partial charge in [-0.25, -0.2) is 29.9 Å². The van der Waals surface area contributed by atoms with Gasteiger partial charge < -0.3 is 9.97 Å². The van der Waals surface area contributed by atoms with E-state index in [1.165, 1.54) is 0 Å². The van der Waals surface area contributed by atoms with E-state index >= 15 is 0 Å². The van der Waals surface area contributed by atoms with Gasteiger partial charge in [-0.3, -0.25) is 0 Å². The van der Waals surface area contributed by atoms with Crippen LogP contribution >= 0.6 is 0 Å². The van der Waals surface area contributed by atoms with Gasteiger partial charge in [0.1, 0.15) is 22.3 Å². The number of rotatable bonds is 0. The molecule has 0 saturated carbocycles. The Morgan fingerprint density at radius 1 is 0.455 bits per heavy atom. The lowest BCUT2D eigenvalue weighted by molar-refractivity contribution is 0.997. The molecule has 1 aliphatic carbocycles. The molecule has 8 nitrogen and oxygen atoms in total. The number of aromatic amines is 2. The minimum atomic E-state index is 0.587. The first-order valence-electron chi connectivity index (χ1n) is 14.7. The molecule has 44 heavy (non-hydrogen) atoms. The van der Waals surface area contributed by atoms with Crippen molar-refractivity contribution >= 4 is 34.6 Å². The van der Waals surface area contributed by atoms with Crippen molar-refractivity contribution in [2.75, 3.05) is 0 Å². The van der Waals surface area contributed by atoms with Crippen molar-refractivity contribution in [3.63, 3.8) is 0 Å². The van der Waals surface area contributed by atoms with Gasteiger partial charge in [-0.05, 0) is 37.8 Å². The molecule has 3 aliphatic heterocycles. The summed E-state index contributed by atoms with van der Waals surface area (Å²) >= 11 is 0. The van der Waals surface area contributed by atoms with E-state index in [1.807, 2.05) is 62.4 Å². The van der Waals surface area contributed by atoms with E-state index in [0.29, 0.717) is 45.6 Å². The maximum absolute atomic E-state index is 5.11. The zero-order chi connectivity index (χ0) is 29.6. The molecule has 8 heteroatoms. The number of benzene rings is 2. The molecule has 2 aromatic carbocycles. The normalized spacial score (nSPS) is 18.3. The molecule has 8 bridgehead atoms. The van der Waals surface area contributed by atoms with Gasteiger partial charge in [-0.15, -0.1) is 0 Å². The first-order valence-corrected chi connectivity index (χ1v) is 14.7. The summed E-state index contributed by atoms with van der Waals surface area (Å²) in [5, 5.41) is 0. The highest BCUT2D eigenvalue weighted by Gasteiger charge is 2.21. The molecule has 212 valence electrons. The fourth-order valence-electron chi connectivity index (χ4n) is 5.69. The molecule has 0 amide bonds. The third-order valence-corrected chi connectivity index (χ3v) is 7.98. The van der Waals surface area contributed by atoms with Gasteiger partial charge in [-0.1, -0.05) is 97.1 Å². The molecule has 4 aromatic rings. The molecule has 0 unspecified atom stereocenters. The van der Waals surface area contributed by atoms with Crippen LogP contribution in [0.15, 0.2) is 85.0 Å². The largest absolute Gasteiger partial charge is 0.324 e. The van der Waals surface area contributed by atoms with E-state index in [4.69, 9.17) is 29.9 Å². The molecule has 8 rings (SSSR count). The molecule has 5 heterocycles. The summed E-state index contributed by atoms with van der Waals surface area (Å²) in [4.78, 5) is 37.4. The van der Waals surface area contributed by atoms with Crippen LogP contribution in [0.5, 0.6) is 0 Å². The van der Waals surface area contributed by atoms with E-state index in [9.17, 15) is 0 Å². The van der Waals surface area contributed by atoms with Gasteiger partial charge in [0.05, 0.1) is 0 Å². The molecular formula is C36H28N8. The predicted molar refractivity (Wildman–Crippen MR) is 175 cm³/mol. The van der Waals surface area contributed by atoms with Gasteiger partial charge in [0.2, 0.25) is 0 Å². The lowest BCUT2D eigenvalue weighted by Crippen LogP contribution is -2.25. The van der Waals surface area contributed by atoms with Crippen LogP contribution in [0.3, 0.4) is 0 Å². The summed E-state index contributed by atoms with van der Waals surface area (Å²) < 4.78 is 0. The molecule has 0 saturated heterocycles. The third-order valence-electron chi connectivity index (χ3n) is 7.98. The van der Waals surface area contributed by atoms with Crippen LogP contribution in [-0.2, 0) is 0 Å². The second-order valence-electron chi connectivity index (χ2n) is 11.0. The van der Waals surface area contributed by atoms with Gasteiger partial charge >= 0.3 is 0 Å². The first kappa shape index (κ1) is 25.9. The molecule has 0 fully saturated rings. The zero-order valence-electron chi connectivity index (χ0n) is 24.3. The smallest absolute Gasteiger partial charge is 0.164 e. The monoisotopic (exact) mass is 572 g/mol. The number of hydrogen-bond donors (Lipinski definition) is 2. The second-order valence-corrected chi connectivity index (χ2v) is 11.0. The third kappa shape index (κ3) is 4.48. The Hall–Kier alpha value is -5.76. The Kier molecular flexibility index (Phi) is 6.19. The molecule has 0 atom stereocenters. The van der Waals surface area contributed by atoms with Gasteiger partial charge in [0.25, 0.3) is 0 Å². The molecule has 0 spiro atoms. The average Bonchev–Trinajstić information content (AvgIpc) is 3.58. The average molecular weight is 573 g/mol. The number of hydrogen-bond acceptors (Lipinski definition) is 6. The molecule has 2 N–H and O–H groups in total. The van der Waals surface area contributed by atoms with Crippen LogP contribution < -0.4 is 11.0 Å². The highest BCUT2D eigenvalue weighted by atomic mass is 15.0. The molecule has 0 radical (unpaired) electrons. The van der Waals surface area contributed by atoms with E-state index < -0.39 is 0 Å². The Morgan fingerprint density at radius 2 is 0.841 bits per heavy atom. The van der Waals surface area contributed by atoms with E-state index in [0.717, 1.165) is 57.4 Å². The lowest BCUT2D eigenvalue weighted by Gasteiger charge is -2.00.